The maximum absolute atomic E-state index is 11.9. The number of hydrogen-bond acceptors (Lipinski definition) is 4. The summed E-state index contributed by atoms with van der Waals surface area (Å²) in [5, 5.41) is 4.54. The third kappa shape index (κ3) is 2.35. The third-order valence-electron chi connectivity index (χ3n) is 2.66. The Morgan fingerprint density at radius 2 is 2.06 bits per heavy atom. The van der Waals surface area contributed by atoms with Gasteiger partial charge in [-0.15, -0.1) is 0 Å². The second kappa shape index (κ2) is 4.16. The molecule has 3 N–H and O–H groups in total. The second-order valence-electron chi connectivity index (χ2n) is 4.48. The summed E-state index contributed by atoms with van der Waals surface area (Å²) in [6.45, 7) is 4.59. The second-order valence-corrected chi connectivity index (χ2v) is 6.24. The number of nitrogens with two attached hydrogens (primary N) is 1. The molecule has 0 spiro atoms. The first-order valence-electron chi connectivity index (χ1n) is 5.49. The van der Waals surface area contributed by atoms with Crippen LogP contribution in [0.3, 0.4) is 0 Å². The van der Waals surface area contributed by atoms with Crippen LogP contribution in [0.4, 0.5) is 5.69 Å². The Balaban J connectivity index is 2.40. The molecule has 17 heavy (non-hydrogen) atoms. The molecule has 1 aliphatic heterocycles. The number of rotatable bonds is 3. The SMILES string of the molecule is CC(C)NCC1=CS(=O)(=O)c2cc(N)ccc21. The first-order chi connectivity index (χ1) is 7.90. The lowest BCUT2D eigenvalue weighted by atomic mass is 10.1. The van der Waals surface area contributed by atoms with Gasteiger partial charge in [-0.2, -0.15) is 0 Å². The quantitative estimate of drug-likeness (QED) is 0.797. The summed E-state index contributed by atoms with van der Waals surface area (Å²) in [6, 6.07) is 5.33. The Morgan fingerprint density at radius 3 is 2.71 bits per heavy atom. The molecule has 1 heterocycles. The van der Waals surface area contributed by atoms with E-state index in [4.69, 9.17) is 5.73 Å². The molecule has 1 aliphatic rings. The Labute approximate surface area is 101 Å². The summed E-state index contributed by atoms with van der Waals surface area (Å²) in [5.74, 6) is 0. The summed E-state index contributed by atoms with van der Waals surface area (Å²) in [5.41, 5.74) is 7.64. The van der Waals surface area contributed by atoms with Gasteiger partial charge in [0.05, 0.1) is 4.90 Å². The monoisotopic (exact) mass is 252 g/mol. The van der Waals surface area contributed by atoms with Crippen molar-refractivity contribution in [3.63, 3.8) is 0 Å². The lowest BCUT2D eigenvalue weighted by Crippen LogP contribution is -2.24. The number of anilines is 1. The molecule has 5 heteroatoms. The van der Waals surface area contributed by atoms with Crippen molar-refractivity contribution < 1.29 is 8.42 Å². The molecule has 4 nitrogen and oxygen atoms in total. The van der Waals surface area contributed by atoms with Crippen molar-refractivity contribution in [1.82, 2.24) is 5.32 Å². The highest BCUT2D eigenvalue weighted by atomic mass is 32.2. The van der Waals surface area contributed by atoms with Crippen LogP contribution in [-0.4, -0.2) is 21.0 Å². The van der Waals surface area contributed by atoms with Crippen LogP contribution in [0.25, 0.3) is 5.57 Å². The van der Waals surface area contributed by atoms with Crippen LogP contribution in [0.15, 0.2) is 28.5 Å². The van der Waals surface area contributed by atoms with E-state index in [-0.39, 0.29) is 0 Å². The van der Waals surface area contributed by atoms with Gasteiger partial charge < -0.3 is 11.1 Å². The number of nitrogen functional groups attached to an aromatic ring is 1. The molecule has 0 atom stereocenters. The first kappa shape index (κ1) is 12.1. The average Bonchev–Trinajstić information content (AvgIpc) is 2.48. The fourth-order valence-electron chi connectivity index (χ4n) is 1.80. The van der Waals surface area contributed by atoms with Crippen molar-refractivity contribution in [2.75, 3.05) is 12.3 Å². The van der Waals surface area contributed by atoms with Gasteiger partial charge in [-0.25, -0.2) is 8.42 Å². The van der Waals surface area contributed by atoms with Crippen LogP contribution in [0.5, 0.6) is 0 Å². The molecule has 1 aromatic carbocycles. The lowest BCUT2D eigenvalue weighted by Gasteiger charge is -2.09. The van der Waals surface area contributed by atoms with E-state index < -0.39 is 9.84 Å². The summed E-state index contributed by atoms with van der Waals surface area (Å²) in [6.07, 6.45) is 0. The predicted octanol–water partition coefficient (Wildman–Crippen LogP) is 1.39. The van der Waals surface area contributed by atoms with Crippen LogP contribution in [-0.2, 0) is 9.84 Å². The standard InChI is InChI=1S/C12H16N2O2S/c1-8(2)14-6-9-7-17(15,16)12-5-10(13)3-4-11(9)12/h3-5,7-8,14H,6,13H2,1-2H3. The van der Waals surface area contributed by atoms with Crippen molar-refractivity contribution in [3.8, 4) is 0 Å². The van der Waals surface area contributed by atoms with Crippen molar-refractivity contribution in [2.24, 2.45) is 0 Å². The molecule has 1 aromatic rings. The van der Waals surface area contributed by atoms with Gasteiger partial charge >= 0.3 is 0 Å². The molecule has 0 aliphatic carbocycles. The van der Waals surface area contributed by atoms with Crippen LogP contribution in [0.2, 0.25) is 0 Å². The zero-order valence-electron chi connectivity index (χ0n) is 9.90. The molecule has 0 saturated heterocycles. The smallest absolute Gasteiger partial charge is 0.200 e. The van der Waals surface area contributed by atoms with Crippen molar-refractivity contribution in [1.29, 1.82) is 0 Å². The number of fused-ring (bicyclic) bond motifs is 1. The van der Waals surface area contributed by atoms with Gasteiger partial charge in [0.2, 0.25) is 9.84 Å². The van der Waals surface area contributed by atoms with E-state index in [1.54, 1.807) is 12.1 Å². The molecular formula is C12H16N2O2S. The van der Waals surface area contributed by atoms with Gasteiger partial charge in [0.15, 0.2) is 0 Å². The third-order valence-corrected chi connectivity index (χ3v) is 4.20. The zero-order chi connectivity index (χ0) is 12.6. The highest BCUT2D eigenvalue weighted by Gasteiger charge is 2.26. The van der Waals surface area contributed by atoms with Crippen LogP contribution < -0.4 is 11.1 Å². The number of benzene rings is 1. The first-order valence-corrected chi connectivity index (χ1v) is 7.04. The molecule has 92 valence electrons. The van der Waals surface area contributed by atoms with Crippen LogP contribution in [0, 0.1) is 0 Å². The van der Waals surface area contributed by atoms with Crippen molar-refractivity contribution in [3.05, 3.63) is 29.2 Å². The minimum atomic E-state index is -3.31. The zero-order valence-corrected chi connectivity index (χ0v) is 10.7. The fourth-order valence-corrected chi connectivity index (χ4v) is 3.32. The van der Waals surface area contributed by atoms with Gasteiger partial charge in [-0.3, -0.25) is 0 Å². The van der Waals surface area contributed by atoms with Gasteiger partial charge in [-0.1, -0.05) is 19.9 Å². The van der Waals surface area contributed by atoms with Crippen LogP contribution >= 0.6 is 0 Å². The highest BCUT2D eigenvalue weighted by Crippen LogP contribution is 2.34. The summed E-state index contributed by atoms with van der Waals surface area (Å²) >= 11 is 0. The van der Waals surface area contributed by atoms with Gasteiger partial charge in [0, 0.05) is 23.7 Å². The molecule has 0 saturated carbocycles. The van der Waals surface area contributed by atoms with Crippen molar-refractivity contribution in [2.45, 2.75) is 24.8 Å². The minimum absolute atomic E-state index is 0.316. The number of hydrogen-bond donors (Lipinski definition) is 2. The molecule has 0 amide bonds. The van der Waals surface area contributed by atoms with E-state index in [0.717, 1.165) is 11.1 Å². The van der Waals surface area contributed by atoms with E-state index in [1.807, 2.05) is 13.8 Å². The molecule has 0 unspecified atom stereocenters. The van der Waals surface area contributed by atoms with Gasteiger partial charge in [-0.05, 0) is 23.3 Å². The molecule has 2 rings (SSSR count). The van der Waals surface area contributed by atoms with E-state index in [9.17, 15) is 8.42 Å². The maximum atomic E-state index is 11.9. The molecule has 0 bridgehead atoms. The summed E-state index contributed by atoms with van der Waals surface area (Å²) < 4.78 is 23.8. The molecule has 0 fully saturated rings. The van der Waals surface area contributed by atoms with E-state index in [0.29, 0.717) is 23.2 Å². The minimum Gasteiger partial charge on any atom is -0.399 e. The highest BCUT2D eigenvalue weighted by molar-refractivity contribution is 7.95. The topological polar surface area (TPSA) is 72.2 Å². The molecular weight excluding hydrogens is 236 g/mol. The van der Waals surface area contributed by atoms with Gasteiger partial charge in [0.1, 0.15) is 0 Å². The summed E-state index contributed by atoms with van der Waals surface area (Å²) in [7, 11) is -3.31. The Kier molecular flexibility index (Phi) is 2.97. The maximum Gasteiger partial charge on any atom is 0.200 e. The Hall–Kier alpha value is -1.33. The van der Waals surface area contributed by atoms with Crippen LogP contribution in [0.1, 0.15) is 19.4 Å². The number of sulfone groups is 1. The van der Waals surface area contributed by atoms with E-state index in [2.05, 4.69) is 5.32 Å². The van der Waals surface area contributed by atoms with E-state index >= 15 is 0 Å². The normalized spacial score (nSPS) is 17.0. The largest absolute Gasteiger partial charge is 0.399 e. The van der Waals surface area contributed by atoms with E-state index in [1.165, 1.54) is 11.5 Å². The summed E-state index contributed by atoms with van der Waals surface area (Å²) in [4.78, 5) is 0.318. The predicted molar refractivity (Wildman–Crippen MR) is 69.2 cm³/mol. The Bertz CT molecular complexity index is 574. The number of nitrogens with one attached hydrogen (secondary N) is 1. The Morgan fingerprint density at radius 1 is 1.35 bits per heavy atom. The van der Waals surface area contributed by atoms with Crippen molar-refractivity contribution >= 4 is 21.1 Å². The molecule has 0 aromatic heterocycles. The fraction of sp³-hybridized carbons (Fsp3) is 0.333. The molecule has 0 radical (unpaired) electrons. The lowest BCUT2D eigenvalue weighted by molar-refractivity contribution is 0.605. The van der Waals surface area contributed by atoms with Gasteiger partial charge in [0.25, 0.3) is 0 Å². The average molecular weight is 252 g/mol.